The lowest BCUT2D eigenvalue weighted by molar-refractivity contribution is 0.184. The second kappa shape index (κ2) is 7.46. The highest BCUT2D eigenvalue weighted by atomic mass is 35.5. The number of benzene rings is 2. The SMILES string of the molecule is COCc1cccc(Oc2cc(Cl)ccc2CC(C)N)c1. The van der Waals surface area contributed by atoms with Gasteiger partial charge in [-0.25, -0.2) is 0 Å². The van der Waals surface area contributed by atoms with Gasteiger partial charge in [0.15, 0.2) is 0 Å². The molecular weight excluding hydrogens is 286 g/mol. The summed E-state index contributed by atoms with van der Waals surface area (Å²) in [6.45, 7) is 2.52. The molecule has 2 N–H and O–H groups in total. The van der Waals surface area contributed by atoms with Crippen LogP contribution in [-0.2, 0) is 17.8 Å². The fraction of sp³-hybridized carbons (Fsp3) is 0.294. The number of ether oxygens (including phenoxy) is 2. The van der Waals surface area contributed by atoms with E-state index in [1.807, 2.05) is 49.4 Å². The van der Waals surface area contributed by atoms with Crippen molar-refractivity contribution in [3.8, 4) is 11.5 Å². The van der Waals surface area contributed by atoms with E-state index in [1.54, 1.807) is 7.11 Å². The minimum absolute atomic E-state index is 0.0633. The van der Waals surface area contributed by atoms with E-state index in [-0.39, 0.29) is 6.04 Å². The van der Waals surface area contributed by atoms with E-state index in [1.165, 1.54) is 0 Å². The van der Waals surface area contributed by atoms with Crippen molar-refractivity contribution in [3.05, 3.63) is 58.6 Å². The van der Waals surface area contributed by atoms with Gasteiger partial charge in [0.1, 0.15) is 11.5 Å². The summed E-state index contributed by atoms with van der Waals surface area (Å²) in [5.74, 6) is 1.51. The summed E-state index contributed by atoms with van der Waals surface area (Å²) in [4.78, 5) is 0. The molecule has 4 heteroatoms. The van der Waals surface area contributed by atoms with Gasteiger partial charge < -0.3 is 15.2 Å². The molecule has 1 atom stereocenters. The van der Waals surface area contributed by atoms with E-state index >= 15 is 0 Å². The molecule has 0 aliphatic carbocycles. The fourth-order valence-corrected chi connectivity index (χ4v) is 2.29. The number of nitrogens with two attached hydrogens (primary N) is 1. The highest BCUT2D eigenvalue weighted by Gasteiger charge is 2.09. The summed E-state index contributed by atoms with van der Waals surface area (Å²) in [5, 5.41) is 0.645. The molecule has 112 valence electrons. The van der Waals surface area contributed by atoms with Crippen LogP contribution in [0.2, 0.25) is 5.02 Å². The summed E-state index contributed by atoms with van der Waals surface area (Å²) in [6.07, 6.45) is 0.740. The highest BCUT2D eigenvalue weighted by Crippen LogP contribution is 2.29. The first-order chi connectivity index (χ1) is 10.1. The van der Waals surface area contributed by atoms with Gasteiger partial charge in [0.2, 0.25) is 0 Å². The predicted octanol–water partition coefficient (Wildman–Crippen LogP) is 4.17. The van der Waals surface area contributed by atoms with Crippen LogP contribution >= 0.6 is 11.6 Å². The zero-order valence-corrected chi connectivity index (χ0v) is 13.1. The topological polar surface area (TPSA) is 44.5 Å². The molecule has 0 aliphatic heterocycles. The summed E-state index contributed by atoms with van der Waals surface area (Å²) in [5.41, 5.74) is 7.99. The zero-order chi connectivity index (χ0) is 15.2. The number of hydrogen-bond acceptors (Lipinski definition) is 3. The van der Waals surface area contributed by atoms with Crippen LogP contribution in [0.4, 0.5) is 0 Å². The zero-order valence-electron chi connectivity index (χ0n) is 12.3. The number of rotatable bonds is 6. The lowest BCUT2D eigenvalue weighted by Gasteiger charge is -2.14. The molecule has 0 spiro atoms. The number of halogens is 1. The molecule has 0 fully saturated rings. The van der Waals surface area contributed by atoms with Gasteiger partial charge in [-0.3, -0.25) is 0 Å². The average molecular weight is 306 g/mol. The average Bonchev–Trinajstić information content (AvgIpc) is 2.42. The molecule has 2 aromatic rings. The van der Waals surface area contributed by atoms with Crippen LogP contribution in [-0.4, -0.2) is 13.2 Å². The van der Waals surface area contributed by atoms with Crippen molar-refractivity contribution in [1.29, 1.82) is 0 Å². The molecule has 0 heterocycles. The first kappa shape index (κ1) is 15.8. The van der Waals surface area contributed by atoms with Crippen LogP contribution in [0.15, 0.2) is 42.5 Å². The minimum atomic E-state index is 0.0633. The monoisotopic (exact) mass is 305 g/mol. The standard InChI is InChI=1S/C17H20ClNO2/c1-12(19)8-14-6-7-15(18)10-17(14)21-16-5-3-4-13(9-16)11-20-2/h3-7,9-10,12H,8,11,19H2,1-2H3. The third kappa shape index (κ3) is 4.74. The van der Waals surface area contributed by atoms with E-state index in [9.17, 15) is 0 Å². The van der Waals surface area contributed by atoms with E-state index in [0.29, 0.717) is 11.6 Å². The van der Waals surface area contributed by atoms with E-state index in [0.717, 1.165) is 29.0 Å². The third-order valence-corrected chi connectivity index (χ3v) is 3.24. The van der Waals surface area contributed by atoms with Crippen molar-refractivity contribution in [3.63, 3.8) is 0 Å². The first-order valence-electron chi connectivity index (χ1n) is 6.88. The molecule has 3 nitrogen and oxygen atoms in total. The maximum atomic E-state index is 6.07. The maximum absolute atomic E-state index is 6.07. The fourth-order valence-electron chi connectivity index (χ4n) is 2.13. The lowest BCUT2D eigenvalue weighted by Crippen LogP contribution is -2.18. The van der Waals surface area contributed by atoms with E-state index in [2.05, 4.69) is 0 Å². The van der Waals surface area contributed by atoms with Gasteiger partial charge in [-0.05, 0) is 48.7 Å². The quantitative estimate of drug-likeness (QED) is 0.871. The first-order valence-corrected chi connectivity index (χ1v) is 7.26. The highest BCUT2D eigenvalue weighted by molar-refractivity contribution is 6.30. The Hall–Kier alpha value is -1.55. The van der Waals surface area contributed by atoms with Crippen molar-refractivity contribution >= 4 is 11.6 Å². The van der Waals surface area contributed by atoms with E-state index in [4.69, 9.17) is 26.8 Å². The van der Waals surface area contributed by atoms with Crippen LogP contribution in [0.5, 0.6) is 11.5 Å². The second-order valence-electron chi connectivity index (χ2n) is 5.12. The Bertz CT molecular complexity index is 599. The molecule has 0 aliphatic rings. The van der Waals surface area contributed by atoms with Crippen LogP contribution in [0, 0.1) is 0 Å². The molecule has 1 unspecified atom stereocenters. The molecule has 0 saturated heterocycles. The Morgan fingerprint density at radius 2 is 2.00 bits per heavy atom. The molecule has 0 amide bonds. The van der Waals surface area contributed by atoms with E-state index < -0.39 is 0 Å². The van der Waals surface area contributed by atoms with Crippen molar-refractivity contribution in [2.75, 3.05) is 7.11 Å². The molecule has 21 heavy (non-hydrogen) atoms. The van der Waals surface area contributed by atoms with Gasteiger partial charge in [0.05, 0.1) is 6.61 Å². The summed E-state index contributed by atoms with van der Waals surface area (Å²) in [6, 6.07) is 13.5. The molecule has 0 radical (unpaired) electrons. The molecule has 2 rings (SSSR count). The predicted molar refractivity (Wildman–Crippen MR) is 86.0 cm³/mol. The van der Waals surface area contributed by atoms with Crippen LogP contribution < -0.4 is 10.5 Å². The second-order valence-corrected chi connectivity index (χ2v) is 5.55. The van der Waals surface area contributed by atoms with Crippen LogP contribution in [0.1, 0.15) is 18.1 Å². The number of methoxy groups -OCH3 is 1. The Labute approximate surface area is 130 Å². The van der Waals surface area contributed by atoms with Gasteiger partial charge >= 0.3 is 0 Å². The third-order valence-electron chi connectivity index (χ3n) is 3.01. The minimum Gasteiger partial charge on any atom is -0.457 e. The van der Waals surface area contributed by atoms with Crippen LogP contribution in [0.3, 0.4) is 0 Å². The van der Waals surface area contributed by atoms with Gasteiger partial charge in [0, 0.05) is 18.2 Å². The van der Waals surface area contributed by atoms with Crippen molar-refractivity contribution < 1.29 is 9.47 Å². The summed E-state index contributed by atoms with van der Waals surface area (Å²) in [7, 11) is 1.67. The summed E-state index contributed by atoms with van der Waals surface area (Å²) >= 11 is 6.07. The molecule has 0 aromatic heterocycles. The van der Waals surface area contributed by atoms with Gasteiger partial charge in [-0.2, -0.15) is 0 Å². The Balaban J connectivity index is 2.25. The molecule has 0 saturated carbocycles. The van der Waals surface area contributed by atoms with Crippen LogP contribution in [0.25, 0.3) is 0 Å². The number of hydrogen-bond donors (Lipinski definition) is 1. The largest absolute Gasteiger partial charge is 0.457 e. The van der Waals surface area contributed by atoms with Crippen molar-refractivity contribution in [2.24, 2.45) is 5.73 Å². The Kier molecular flexibility index (Phi) is 5.62. The van der Waals surface area contributed by atoms with Crippen molar-refractivity contribution in [1.82, 2.24) is 0 Å². The van der Waals surface area contributed by atoms with Gasteiger partial charge in [-0.1, -0.05) is 29.8 Å². The van der Waals surface area contributed by atoms with Gasteiger partial charge in [-0.15, -0.1) is 0 Å². The normalized spacial score (nSPS) is 12.2. The smallest absolute Gasteiger partial charge is 0.132 e. The Morgan fingerprint density at radius 1 is 1.19 bits per heavy atom. The maximum Gasteiger partial charge on any atom is 0.132 e. The van der Waals surface area contributed by atoms with Crippen molar-refractivity contribution in [2.45, 2.75) is 26.0 Å². The Morgan fingerprint density at radius 3 is 2.71 bits per heavy atom. The molecule has 2 aromatic carbocycles. The molecular formula is C17H20ClNO2. The molecule has 0 bridgehead atoms. The lowest BCUT2D eigenvalue weighted by atomic mass is 10.1. The summed E-state index contributed by atoms with van der Waals surface area (Å²) < 4.78 is 11.1. The van der Waals surface area contributed by atoms with Gasteiger partial charge in [0.25, 0.3) is 0 Å².